The molecule has 0 radical (unpaired) electrons. The number of amides is 1. The van der Waals surface area contributed by atoms with E-state index in [-0.39, 0.29) is 29.2 Å². The van der Waals surface area contributed by atoms with E-state index in [1.165, 1.54) is 23.3 Å². The van der Waals surface area contributed by atoms with Crippen molar-refractivity contribution >= 4 is 29.1 Å². The summed E-state index contributed by atoms with van der Waals surface area (Å²) < 4.78 is 7.06. The zero-order valence-corrected chi connectivity index (χ0v) is 15.2. The molecule has 2 heterocycles. The second kappa shape index (κ2) is 8.33. The fraction of sp³-hybridized carbons (Fsp3) is 0.412. The van der Waals surface area contributed by atoms with Crippen LogP contribution in [0.4, 0.5) is 5.69 Å². The molecule has 2 N–H and O–H groups in total. The average Bonchev–Trinajstić information content (AvgIpc) is 3.25. The van der Waals surface area contributed by atoms with Crippen LogP contribution in [-0.2, 0) is 16.1 Å². The number of ether oxygens (including phenoxy) is 1. The Bertz CT molecular complexity index is 837. The van der Waals surface area contributed by atoms with Crippen LogP contribution in [-0.4, -0.2) is 44.9 Å². The summed E-state index contributed by atoms with van der Waals surface area (Å²) in [5.41, 5.74) is 0.898. The number of H-pyrrole nitrogens is 1. The molecule has 0 saturated carbocycles. The summed E-state index contributed by atoms with van der Waals surface area (Å²) in [6.45, 7) is 2.64. The molecule has 0 bridgehead atoms. The van der Waals surface area contributed by atoms with Crippen LogP contribution in [0.3, 0.4) is 0 Å². The minimum Gasteiger partial charge on any atom is -0.376 e. The molecule has 1 atom stereocenters. The van der Waals surface area contributed by atoms with Gasteiger partial charge in [-0.05, 0) is 44.0 Å². The first-order chi connectivity index (χ1) is 12.5. The maximum absolute atomic E-state index is 12.1. The van der Waals surface area contributed by atoms with E-state index in [0.29, 0.717) is 29.6 Å². The number of rotatable bonds is 7. The highest BCUT2D eigenvalue weighted by Crippen LogP contribution is 2.18. The molecule has 0 unspecified atom stereocenters. The van der Waals surface area contributed by atoms with E-state index in [1.54, 1.807) is 24.3 Å². The fourth-order valence-corrected chi connectivity index (χ4v) is 3.44. The Morgan fingerprint density at radius 3 is 2.81 bits per heavy atom. The van der Waals surface area contributed by atoms with Crippen LogP contribution in [0.5, 0.6) is 0 Å². The molecule has 1 fully saturated rings. The summed E-state index contributed by atoms with van der Waals surface area (Å²) in [7, 11) is 0. The number of ketones is 1. The Hall–Kier alpha value is -2.39. The van der Waals surface area contributed by atoms with Gasteiger partial charge in [0.05, 0.1) is 18.4 Å². The number of nitrogens with zero attached hydrogens (tertiary/aromatic N) is 2. The van der Waals surface area contributed by atoms with Crippen LogP contribution >= 0.6 is 11.8 Å². The van der Waals surface area contributed by atoms with Crippen molar-refractivity contribution in [1.82, 2.24) is 14.8 Å². The highest BCUT2D eigenvalue weighted by atomic mass is 32.2. The van der Waals surface area contributed by atoms with Gasteiger partial charge < -0.3 is 10.1 Å². The van der Waals surface area contributed by atoms with Crippen LogP contribution < -0.4 is 11.0 Å². The molecule has 1 aliphatic rings. The number of hydrogen-bond donors (Lipinski definition) is 2. The van der Waals surface area contributed by atoms with Gasteiger partial charge in [-0.1, -0.05) is 11.8 Å². The Balaban J connectivity index is 1.56. The van der Waals surface area contributed by atoms with Crippen LogP contribution in [0.1, 0.15) is 30.1 Å². The van der Waals surface area contributed by atoms with Gasteiger partial charge >= 0.3 is 5.69 Å². The van der Waals surface area contributed by atoms with Crippen LogP contribution in [0.25, 0.3) is 0 Å². The summed E-state index contributed by atoms with van der Waals surface area (Å²) >= 11 is 1.19. The quantitative estimate of drug-likeness (QED) is 0.563. The first-order valence-electron chi connectivity index (χ1n) is 8.33. The standard InChI is InChI=1S/C17H20N4O4S/c1-11(22)12-4-6-13(7-5-12)18-15(23)10-26-17-20-19-16(24)21(17)9-14-3-2-8-25-14/h4-7,14H,2-3,8-10H2,1H3,(H,18,23)(H,19,24)/t14-/m0/s1. The van der Waals surface area contributed by atoms with Gasteiger partial charge in [0.1, 0.15) is 0 Å². The first-order valence-corrected chi connectivity index (χ1v) is 9.32. The average molecular weight is 376 g/mol. The number of anilines is 1. The third-order valence-electron chi connectivity index (χ3n) is 4.04. The monoisotopic (exact) mass is 376 g/mol. The van der Waals surface area contributed by atoms with Crippen molar-refractivity contribution in [3.05, 3.63) is 40.3 Å². The summed E-state index contributed by atoms with van der Waals surface area (Å²) in [5, 5.41) is 9.62. The molecule has 8 nitrogen and oxygen atoms in total. The van der Waals surface area contributed by atoms with Crippen LogP contribution in [0.15, 0.2) is 34.2 Å². The second-order valence-electron chi connectivity index (χ2n) is 6.03. The van der Waals surface area contributed by atoms with Crippen molar-refractivity contribution in [2.24, 2.45) is 0 Å². The highest BCUT2D eigenvalue weighted by molar-refractivity contribution is 7.99. The summed E-state index contributed by atoms with van der Waals surface area (Å²) in [4.78, 5) is 35.3. The molecule has 0 aliphatic carbocycles. The number of aromatic nitrogens is 3. The van der Waals surface area contributed by atoms with Gasteiger partial charge in [0.25, 0.3) is 0 Å². The lowest BCUT2D eigenvalue weighted by Gasteiger charge is -2.11. The predicted octanol–water partition coefficient (Wildman–Crippen LogP) is 1.68. The molecular formula is C17H20N4O4S. The Morgan fingerprint density at radius 1 is 1.38 bits per heavy atom. The molecule has 1 amide bonds. The number of nitrogens with one attached hydrogen (secondary N) is 2. The number of aromatic amines is 1. The minimum atomic E-state index is -0.303. The third kappa shape index (κ3) is 4.61. The lowest BCUT2D eigenvalue weighted by atomic mass is 10.1. The number of carbonyl (C=O) groups is 2. The van der Waals surface area contributed by atoms with Crippen molar-refractivity contribution in [2.75, 3.05) is 17.7 Å². The number of thioether (sulfide) groups is 1. The molecule has 1 aromatic heterocycles. The van der Waals surface area contributed by atoms with E-state index in [0.717, 1.165) is 12.8 Å². The van der Waals surface area contributed by atoms with E-state index >= 15 is 0 Å². The van der Waals surface area contributed by atoms with Crippen molar-refractivity contribution in [2.45, 2.75) is 37.6 Å². The molecule has 9 heteroatoms. The van der Waals surface area contributed by atoms with Gasteiger partial charge in [-0.15, -0.1) is 5.10 Å². The molecule has 26 heavy (non-hydrogen) atoms. The maximum atomic E-state index is 12.1. The Morgan fingerprint density at radius 2 is 2.15 bits per heavy atom. The topological polar surface area (TPSA) is 106 Å². The number of benzene rings is 1. The van der Waals surface area contributed by atoms with E-state index in [1.807, 2.05) is 0 Å². The maximum Gasteiger partial charge on any atom is 0.344 e. The summed E-state index contributed by atoms with van der Waals surface area (Å²) in [6.07, 6.45) is 1.92. The minimum absolute atomic E-state index is 0.0123. The van der Waals surface area contributed by atoms with Gasteiger partial charge in [-0.3, -0.25) is 14.2 Å². The lowest BCUT2D eigenvalue weighted by Crippen LogP contribution is -2.25. The zero-order valence-electron chi connectivity index (χ0n) is 14.4. The van der Waals surface area contributed by atoms with Crippen molar-refractivity contribution < 1.29 is 14.3 Å². The van der Waals surface area contributed by atoms with E-state index < -0.39 is 0 Å². The third-order valence-corrected chi connectivity index (χ3v) is 5.02. The SMILES string of the molecule is CC(=O)c1ccc(NC(=O)CSc2n[nH]c(=O)n2C[C@@H]2CCCO2)cc1. The van der Waals surface area contributed by atoms with Crippen LogP contribution in [0, 0.1) is 0 Å². The largest absolute Gasteiger partial charge is 0.376 e. The molecule has 3 rings (SSSR count). The fourth-order valence-electron chi connectivity index (χ4n) is 2.68. The summed E-state index contributed by atoms with van der Waals surface area (Å²) in [6, 6.07) is 6.69. The molecule has 1 saturated heterocycles. The number of Topliss-reactive ketones (excluding diaryl/α,β-unsaturated/α-hetero) is 1. The van der Waals surface area contributed by atoms with Crippen molar-refractivity contribution in [3.8, 4) is 0 Å². The van der Waals surface area contributed by atoms with Crippen molar-refractivity contribution in [1.29, 1.82) is 0 Å². The van der Waals surface area contributed by atoms with Crippen molar-refractivity contribution in [3.63, 3.8) is 0 Å². The van der Waals surface area contributed by atoms with Crippen LogP contribution in [0.2, 0.25) is 0 Å². The zero-order chi connectivity index (χ0) is 18.5. The molecule has 2 aromatic rings. The molecule has 1 aromatic carbocycles. The molecule has 138 valence electrons. The Kier molecular flexibility index (Phi) is 5.89. The second-order valence-corrected chi connectivity index (χ2v) is 6.97. The van der Waals surface area contributed by atoms with E-state index in [9.17, 15) is 14.4 Å². The molecule has 0 spiro atoms. The lowest BCUT2D eigenvalue weighted by molar-refractivity contribution is -0.113. The normalized spacial score (nSPS) is 16.6. The number of carbonyl (C=O) groups excluding carboxylic acids is 2. The number of hydrogen-bond acceptors (Lipinski definition) is 6. The van der Waals surface area contributed by atoms with E-state index in [2.05, 4.69) is 15.5 Å². The van der Waals surface area contributed by atoms with Gasteiger partial charge in [0.2, 0.25) is 5.91 Å². The predicted molar refractivity (Wildman–Crippen MR) is 97.6 cm³/mol. The molecule has 1 aliphatic heterocycles. The smallest absolute Gasteiger partial charge is 0.344 e. The van der Waals surface area contributed by atoms with Gasteiger partial charge in [0, 0.05) is 17.9 Å². The Labute approximate surface area is 154 Å². The van der Waals surface area contributed by atoms with Gasteiger partial charge in [0.15, 0.2) is 10.9 Å². The summed E-state index contributed by atoms with van der Waals surface area (Å²) in [5.74, 6) is -0.129. The van der Waals surface area contributed by atoms with Gasteiger partial charge in [-0.2, -0.15) is 0 Å². The highest BCUT2D eigenvalue weighted by Gasteiger charge is 2.20. The van der Waals surface area contributed by atoms with Gasteiger partial charge in [-0.25, -0.2) is 9.89 Å². The molecular weight excluding hydrogens is 356 g/mol. The first kappa shape index (κ1) is 18.4. The van der Waals surface area contributed by atoms with E-state index in [4.69, 9.17) is 4.74 Å².